The third kappa shape index (κ3) is 2.79. The summed E-state index contributed by atoms with van der Waals surface area (Å²) in [5.74, 6) is -1.48. The van der Waals surface area contributed by atoms with Crippen molar-refractivity contribution in [3.63, 3.8) is 0 Å². The summed E-state index contributed by atoms with van der Waals surface area (Å²) >= 11 is 0. The van der Waals surface area contributed by atoms with Crippen molar-refractivity contribution >= 4 is 11.9 Å². The second-order valence-electron chi connectivity index (χ2n) is 4.24. The summed E-state index contributed by atoms with van der Waals surface area (Å²) < 4.78 is 1.54. The molecular formula is C13H13N3O3. The molecule has 2 aromatic rings. The fourth-order valence-electron chi connectivity index (χ4n) is 1.76. The quantitative estimate of drug-likeness (QED) is 0.856. The average molecular weight is 259 g/mol. The Hall–Kier alpha value is -2.63. The van der Waals surface area contributed by atoms with Crippen LogP contribution in [-0.4, -0.2) is 26.8 Å². The number of rotatable bonds is 4. The predicted octanol–water partition coefficient (Wildman–Crippen LogP) is 1.04. The van der Waals surface area contributed by atoms with E-state index in [9.17, 15) is 9.59 Å². The summed E-state index contributed by atoms with van der Waals surface area (Å²) in [5, 5.41) is 12.8. The molecule has 1 aromatic heterocycles. The number of carboxylic acid groups (broad SMARTS) is 1. The van der Waals surface area contributed by atoms with Crippen LogP contribution in [0.1, 0.15) is 31.8 Å². The highest BCUT2D eigenvalue weighted by atomic mass is 16.4. The third-order valence-corrected chi connectivity index (χ3v) is 2.84. The van der Waals surface area contributed by atoms with Crippen molar-refractivity contribution in [2.45, 2.75) is 13.5 Å². The van der Waals surface area contributed by atoms with Gasteiger partial charge in [-0.15, -0.1) is 0 Å². The van der Waals surface area contributed by atoms with Gasteiger partial charge in [0.15, 0.2) is 0 Å². The Bertz CT molecular complexity index is 646. The minimum absolute atomic E-state index is 0.145. The number of amides is 1. The van der Waals surface area contributed by atoms with E-state index in [0.717, 1.165) is 11.1 Å². The number of aromatic nitrogens is 2. The van der Waals surface area contributed by atoms with Gasteiger partial charge < -0.3 is 10.8 Å². The molecule has 0 aliphatic heterocycles. The number of carbonyl (C=O) groups is 2. The number of hydrogen-bond acceptors (Lipinski definition) is 3. The summed E-state index contributed by atoms with van der Waals surface area (Å²) in [4.78, 5) is 21.8. The lowest BCUT2D eigenvalue weighted by molar-refractivity contribution is 0.0696. The molecule has 1 aromatic carbocycles. The van der Waals surface area contributed by atoms with E-state index in [2.05, 4.69) is 5.10 Å². The highest BCUT2D eigenvalue weighted by Crippen LogP contribution is 2.12. The van der Waals surface area contributed by atoms with Crippen LogP contribution in [0.2, 0.25) is 0 Å². The average Bonchev–Trinajstić information content (AvgIpc) is 2.80. The first kappa shape index (κ1) is 12.8. The van der Waals surface area contributed by atoms with Crippen LogP contribution in [0, 0.1) is 6.92 Å². The molecule has 0 saturated heterocycles. The molecule has 0 unspecified atom stereocenters. The molecule has 2 rings (SSSR count). The monoisotopic (exact) mass is 259 g/mol. The van der Waals surface area contributed by atoms with Crippen LogP contribution in [0.3, 0.4) is 0 Å². The van der Waals surface area contributed by atoms with Gasteiger partial charge in [0.25, 0.3) is 0 Å². The summed E-state index contributed by atoms with van der Waals surface area (Å²) in [6.07, 6.45) is 2.76. The van der Waals surface area contributed by atoms with E-state index in [4.69, 9.17) is 10.8 Å². The van der Waals surface area contributed by atoms with Gasteiger partial charge in [-0.3, -0.25) is 9.48 Å². The van der Waals surface area contributed by atoms with Crippen LogP contribution in [-0.2, 0) is 6.54 Å². The number of primary amides is 1. The second kappa shape index (κ2) is 4.93. The van der Waals surface area contributed by atoms with Gasteiger partial charge in [0.1, 0.15) is 0 Å². The molecular weight excluding hydrogens is 246 g/mol. The lowest BCUT2D eigenvalue weighted by atomic mass is 10.0. The maximum Gasteiger partial charge on any atom is 0.338 e. The van der Waals surface area contributed by atoms with E-state index < -0.39 is 11.9 Å². The Labute approximate surface area is 109 Å². The Balaban J connectivity index is 2.23. The Morgan fingerprint density at radius 2 is 2.11 bits per heavy atom. The highest BCUT2D eigenvalue weighted by molar-refractivity contribution is 5.93. The van der Waals surface area contributed by atoms with E-state index >= 15 is 0 Å². The molecule has 6 heteroatoms. The van der Waals surface area contributed by atoms with Crippen LogP contribution in [0.15, 0.2) is 30.6 Å². The van der Waals surface area contributed by atoms with Crippen LogP contribution in [0.25, 0.3) is 0 Å². The standard InChI is InChI=1S/C13H13N3O3/c1-8-4-9(12(14)17)2-3-10(8)6-16-7-11(5-15-16)13(18)19/h2-5,7H,6H2,1H3,(H2,14,17)(H,18,19). The molecule has 1 heterocycles. The first-order chi connectivity index (χ1) is 8.97. The van der Waals surface area contributed by atoms with Gasteiger partial charge in [0.2, 0.25) is 5.91 Å². The van der Waals surface area contributed by atoms with Crippen LogP contribution in [0.5, 0.6) is 0 Å². The fourth-order valence-corrected chi connectivity index (χ4v) is 1.76. The smallest absolute Gasteiger partial charge is 0.338 e. The van der Waals surface area contributed by atoms with Gasteiger partial charge in [-0.1, -0.05) is 6.07 Å². The largest absolute Gasteiger partial charge is 0.478 e. The Kier molecular flexibility index (Phi) is 3.33. The molecule has 3 N–H and O–H groups in total. The zero-order chi connectivity index (χ0) is 14.0. The molecule has 0 bridgehead atoms. The predicted molar refractivity (Wildman–Crippen MR) is 68.0 cm³/mol. The molecule has 0 aliphatic carbocycles. The summed E-state index contributed by atoms with van der Waals surface area (Å²) in [6, 6.07) is 5.14. The van der Waals surface area contributed by atoms with E-state index in [-0.39, 0.29) is 5.56 Å². The number of nitrogens with two attached hydrogens (primary N) is 1. The lowest BCUT2D eigenvalue weighted by Gasteiger charge is -2.07. The third-order valence-electron chi connectivity index (χ3n) is 2.84. The number of benzene rings is 1. The maximum absolute atomic E-state index is 11.0. The SMILES string of the molecule is Cc1cc(C(N)=O)ccc1Cn1cc(C(=O)O)cn1. The van der Waals surface area contributed by atoms with Crippen molar-refractivity contribution in [1.82, 2.24) is 9.78 Å². The van der Waals surface area contributed by atoms with E-state index in [1.54, 1.807) is 18.2 Å². The number of aryl methyl sites for hydroxylation is 1. The molecule has 19 heavy (non-hydrogen) atoms. The van der Waals surface area contributed by atoms with Gasteiger partial charge in [0.05, 0.1) is 18.3 Å². The molecule has 0 atom stereocenters. The normalized spacial score (nSPS) is 10.4. The minimum atomic E-state index is -1.01. The maximum atomic E-state index is 11.0. The molecule has 6 nitrogen and oxygen atoms in total. The first-order valence-corrected chi connectivity index (χ1v) is 5.62. The van der Waals surface area contributed by atoms with Crippen molar-refractivity contribution in [2.24, 2.45) is 5.73 Å². The first-order valence-electron chi connectivity index (χ1n) is 5.62. The molecule has 0 fully saturated rings. The van der Waals surface area contributed by atoms with Crippen molar-refractivity contribution in [3.8, 4) is 0 Å². The van der Waals surface area contributed by atoms with Gasteiger partial charge in [-0.25, -0.2) is 4.79 Å². The molecule has 98 valence electrons. The van der Waals surface area contributed by atoms with E-state index in [1.807, 2.05) is 6.92 Å². The van der Waals surface area contributed by atoms with Crippen molar-refractivity contribution in [2.75, 3.05) is 0 Å². The number of aromatic carboxylic acids is 1. The molecule has 0 saturated carbocycles. The zero-order valence-corrected chi connectivity index (χ0v) is 10.3. The number of carboxylic acids is 1. The summed E-state index contributed by atoms with van der Waals surface area (Å²) in [6.45, 7) is 2.31. The van der Waals surface area contributed by atoms with Crippen LogP contribution in [0.4, 0.5) is 0 Å². The van der Waals surface area contributed by atoms with Gasteiger partial charge in [-0.05, 0) is 30.2 Å². The molecule has 0 radical (unpaired) electrons. The van der Waals surface area contributed by atoms with Crippen molar-refractivity contribution in [3.05, 3.63) is 52.8 Å². The highest BCUT2D eigenvalue weighted by Gasteiger charge is 2.08. The number of carbonyl (C=O) groups excluding carboxylic acids is 1. The minimum Gasteiger partial charge on any atom is -0.478 e. The Morgan fingerprint density at radius 3 is 2.63 bits per heavy atom. The number of hydrogen-bond donors (Lipinski definition) is 2. The second-order valence-corrected chi connectivity index (χ2v) is 4.24. The van der Waals surface area contributed by atoms with Crippen LogP contribution < -0.4 is 5.73 Å². The molecule has 0 spiro atoms. The fraction of sp³-hybridized carbons (Fsp3) is 0.154. The van der Waals surface area contributed by atoms with Crippen molar-refractivity contribution < 1.29 is 14.7 Å². The van der Waals surface area contributed by atoms with Crippen LogP contribution >= 0.6 is 0 Å². The van der Waals surface area contributed by atoms with Crippen molar-refractivity contribution in [1.29, 1.82) is 0 Å². The molecule has 0 aliphatic rings. The summed E-state index contributed by atoms with van der Waals surface area (Å²) in [5.41, 5.74) is 7.65. The van der Waals surface area contributed by atoms with Gasteiger partial charge in [0, 0.05) is 11.8 Å². The molecule has 1 amide bonds. The van der Waals surface area contributed by atoms with E-state index in [1.165, 1.54) is 17.1 Å². The van der Waals surface area contributed by atoms with E-state index in [0.29, 0.717) is 12.1 Å². The van der Waals surface area contributed by atoms with Gasteiger partial charge >= 0.3 is 5.97 Å². The zero-order valence-electron chi connectivity index (χ0n) is 10.3. The topological polar surface area (TPSA) is 98.2 Å². The lowest BCUT2D eigenvalue weighted by Crippen LogP contribution is -2.12. The number of nitrogens with zero attached hydrogens (tertiary/aromatic N) is 2. The Morgan fingerprint density at radius 1 is 1.37 bits per heavy atom. The van der Waals surface area contributed by atoms with Gasteiger partial charge in [-0.2, -0.15) is 5.10 Å². The summed E-state index contributed by atoms with van der Waals surface area (Å²) in [7, 11) is 0.